The molecule has 2 nitrogen and oxygen atoms in total. The lowest BCUT2D eigenvalue weighted by Gasteiger charge is -2.12. The van der Waals surface area contributed by atoms with Crippen LogP contribution in [-0.4, -0.2) is 0 Å². The van der Waals surface area contributed by atoms with Crippen molar-refractivity contribution in [3.05, 3.63) is 56.8 Å². The van der Waals surface area contributed by atoms with Crippen LogP contribution in [0.1, 0.15) is 11.1 Å². The highest BCUT2D eigenvalue weighted by atomic mass is 79.9. The van der Waals surface area contributed by atoms with Crippen LogP contribution in [0.15, 0.2) is 34.8 Å². The Morgan fingerprint density at radius 3 is 2.58 bits per heavy atom. The summed E-state index contributed by atoms with van der Waals surface area (Å²) in [4.78, 5) is 0. The number of ether oxygens (including phenoxy) is 1. The smallest absolute Gasteiger partial charge is 0.180 e. The van der Waals surface area contributed by atoms with Crippen LogP contribution < -0.4 is 10.5 Å². The maximum absolute atomic E-state index is 14.1. The van der Waals surface area contributed by atoms with Gasteiger partial charge in [-0.1, -0.05) is 17.7 Å². The molecule has 0 saturated carbocycles. The van der Waals surface area contributed by atoms with Gasteiger partial charge in [0.15, 0.2) is 11.6 Å². The number of hydrogen-bond acceptors (Lipinski definition) is 2. The summed E-state index contributed by atoms with van der Waals surface area (Å²) in [7, 11) is 0. The monoisotopic (exact) mass is 343 g/mol. The minimum absolute atomic E-state index is 0.148. The van der Waals surface area contributed by atoms with Gasteiger partial charge in [-0.15, -0.1) is 0 Å². The van der Waals surface area contributed by atoms with Crippen molar-refractivity contribution in [2.24, 2.45) is 5.73 Å². The Morgan fingerprint density at radius 1 is 1.26 bits per heavy atom. The second kappa shape index (κ2) is 5.90. The number of aryl methyl sites for hydroxylation is 1. The van der Waals surface area contributed by atoms with Crippen molar-refractivity contribution in [1.29, 1.82) is 0 Å². The maximum atomic E-state index is 14.1. The number of nitrogens with two attached hydrogens (primary N) is 1. The molecule has 0 aliphatic heterocycles. The van der Waals surface area contributed by atoms with Gasteiger partial charge in [-0.05, 0) is 58.2 Å². The van der Waals surface area contributed by atoms with E-state index in [9.17, 15) is 4.39 Å². The second-order valence-corrected chi connectivity index (χ2v) is 5.30. The summed E-state index contributed by atoms with van der Waals surface area (Å²) in [5, 5.41) is 0.616. The number of hydrogen-bond donors (Lipinski definition) is 1. The van der Waals surface area contributed by atoms with Crippen LogP contribution in [0.5, 0.6) is 11.5 Å². The molecule has 2 rings (SSSR count). The van der Waals surface area contributed by atoms with Gasteiger partial charge in [-0.3, -0.25) is 0 Å². The minimum Gasteiger partial charge on any atom is -0.454 e. The third kappa shape index (κ3) is 3.08. The van der Waals surface area contributed by atoms with Crippen LogP contribution in [-0.2, 0) is 6.54 Å². The topological polar surface area (TPSA) is 35.2 Å². The van der Waals surface area contributed by atoms with Gasteiger partial charge in [0.1, 0.15) is 5.75 Å². The predicted molar refractivity (Wildman–Crippen MR) is 78.3 cm³/mol. The molecular formula is C14H12BrClFNO. The fourth-order valence-electron chi connectivity index (χ4n) is 1.65. The number of halogens is 3. The average Bonchev–Trinajstić information content (AvgIpc) is 2.38. The molecule has 0 saturated heterocycles. The zero-order valence-corrected chi connectivity index (χ0v) is 12.6. The van der Waals surface area contributed by atoms with Crippen LogP contribution in [0, 0.1) is 12.7 Å². The summed E-state index contributed by atoms with van der Waals surface area (Å²) >= 11 is 9.04. The first-order valence-corrected chi connectivity index (χ1v) is 6.81. The minimum atomic E-state index is -0.461. The molecule has 19 heavy (non-hydrogen) atoms. The molecule has 0 fully saturated rings. The number of benzene rings is 2. The highest BCUT2D eigenvalue weighted by Gasteiger charge is 2.13. The van der Waals surface area contributed by atoms with Crippen molar-refractivity contribution < 1.29 is 9.13 Å². The van der Waals surface area contributed by atoms with Gasteiger partial charge in [0.2, 0.25) is 0 Å². The Kier molecular flexibility index (Phi) is 4.45. The van der Waals surface area contributed by atoms with E-state index in [0.717, 1.165) is 5.56 Å². The van der Waals surface area contributed by atoms with Crippen LogP contribution in [0.3, 0.4) is 0 Å². The molecule has 0 radical (unpaired) electrons. The molecule has 0 amide bonds. The normalized spacial score (nSPS) is 10.6. The van der Waals surface area contributed by atoms with E-state index >= 15 is 0 Å². The van der Waals surface area contributed by atoms with Crippen LogP contribution >= 0.6 is 27.5 Å². The summed E-state index contributed by atoms with van der Waals surface area (Å²) < 4.78 is 20.0. The van der Waals surface area contributed by atoms with E-state index in [-0.39, 0.29) is 12.3 Å². The molecule has 0 unspecified atom stereocenters. The lowest BCUT2D eigenvalue weighted by Crippen LogP contribution is -2.00. The molecular weight excluding hydrogens is 333 g/mol. The summed E-state index contributed by atoms with van der Waals surface area (Å²) in [5.74, 6) is 0.252. The fraction of sp³-hybridized carbons (Fsp3) is 0.143. The second-order valence-electron chi connectivity index (χ2n) is 4.07. The Labute approximate surface area is 124 Å². The van der Waals surface area contributed by atoms with E-state index in [1.54, 1.807) is 30.3 Å². The molecule has 2 aromatic rings. The van der Waals surface area contributed by atoms with Gasteiger partial charge >= 0.3 is 0 Å². The summed E-state index contributed by atoms with van der Waals surface area (Å²) in [6.07, 6.45) is 0. The fourth-order valence-corrected chi connectivity index (χ4v) is 2.37. The van der Waals surface area contributed by atoms with Gasteiger partial charge in [0, 0.05) is 11.6 Å². The van der Waals surface area contributed by atoms with Crippen LogP contribution in [0.4, 0.5) is 4.39 Å². The van der Waals surface area contributed by atoms with E-state index in [4.69, 9.17) is 22.1 Å². The van der Waals surface area contributed by atoms with Crippen LogP contribution in [0.25, 0.3) is 0 Å². The Hall–Kier alpha value is -1.10. The number of rotatable bonds is 3. The van der Waals surface area contributed by atoms with Crippen LogP contribution in [0.2, 0.25) is 5.02 Å². The van der Waals surface area contributed by atoms with Crippen molar-refractivity contribution in [3.8, 4) is 11.5 Å². The highest BCUT2D eigenvalue weighted by molar-refractivity contribution is 9.10. The molecule has 0 aromatic heterocycles. The standard InChI is InChI=1S/C14H12BrClFNO/c1-8-6-10(16)3-5-11(8)19-12-4-2-9(7-18)13(15)14(12)17/h2-6H,7,18H2,1H3. The van der Waals surface area contributed by atoms with E-state index in [1.807, 2.05) is 6.92 Å². The molecule has 2 N–H and O–H groups in total. The van der Waals surface area contributed by atoms with Gasteiger partial charge in [-0.2, -0.15) is 0 Å². The lowest BCUT2D eigenvalue weighted by molar-refractivity contribution is 0.437. The van der Waals surface area contributed by atoms with Crippen molar-refractivity contribution in [2.45, 2.75) is 13.5 Å². The largest absolute Gasteiger partial charge is 0.454 e. The molecule has 0 heterocycles. The Bertz CT molecular complexity index is 619. The summed E-state index contributed by atoms with van der Waals surface area (Å²) in [5.41, 5.74) is 7.04. The third-order valence-electron chi connectivity index (χ3n) is 2.70. The Morgan fingerprint density at radius 2 is 1.95 bits per heavy atom. The molecule has 0 atom stereocenters. The maximum Gasteiger partial charge on any atom is 0.180 e. The molecule has 100 valence electrons. The predicted octanol–water partition coefficient (Wildman–Crippen LogP) is 4.80. The highest BCUT2D eigenvalue weighted by Crippen LogP contribution is 2.33. The zero-order chi connectivity index (χ0) is 14.0. The van der Waals surface area contributed by atoms with E-state index < -0.39 is 5.82 Å². The van der Waals surface area contributed by atoms with E-state index in [0.29, 0.717) is 20.8 Å². The molecule has 0 aliphatic rings. The lowest BCUT2D eigenvalue weighted by atomic mass is 10.2. The van der Waals surface area contributed by atoms with Gasteiger partial charge in [0.25, 0.3) is 0 Å². The van der Waals surface area contributed by atoms with Crippen molar-refractivity contribution in [1.82, 2.24) is 0 Å². The molecule has 5 heteroatoms. The SMILES string of the molecule is Cc1cc(Cl)ccc1Oc1ccc(CN)c(Br)c1F. The quantitative estimate of drug-likeness (QED) is 0.868. The third-order valence-corrected chi connectivity index (χ3v) is 3.80. The average molecular weight is 345 g/mol. The molecule has 0 bridgehead atoms. The van der Waals surface area contributed by atoms with E-state index in [2.05, 4.69) is 15.9 Å². The summed E-state index contributed by atoms with van der Waals surface area (Å²) in [6.45, 7) is 2.11. The van der Waals surface area contributed by atoms with E-state index in [1.165, 1.54) is 0 Å². The van der Waals surface area contributed by atoms with Gasteiger partial charge in [-0.25, -0.2) is 4.39 Å². The van der Waals surface area contributed by atoms with Crippen molar-refractivity contribution in [3.63, 3.8) is 0 Å². The Balaban J connectivity index is 2.36. The first-order chi connectivity index (χ1) is 9.02. The molecule has 2 aromatic carbocycles. The van der Waals surface area contributed by atoms with Gasteiger partial charge < -0.3 is 10.5 Å². The van der Waals surface area contributed by atoms with Gasteiger partial charge in [0.05, 0.1) is 4.47 Å². The van der Waals surface area contributed by atoms with Crippen molar-refractivity contribution in [2.75, 3.05) is 0 Å². The zero-order valence-electron chi connectivity index (χ0n) is 10.2. The molecule has 0 aliphatic carbocycles. The first kappa shape index (κ1) is 14.3. The summed E-state index contributed by atoms with van der Waals surface area (Å²) in [6, 6.07) is 8.47. The first-order valence-electron chi connectivity index (χ1n) is 5.64. The van der Waals surface area contributed by atoms with Crippen molar-refractivity contribution >= 4 is 27.5 Å². The molecule has 0 spiro atoms.